The Hall–Kier alpha value is -0.380. The monoisotopic (exact) mass is 241 g/mol. The zero-order valence-corrected chi connectivity index (χ0v) is 11.6. The van der Waals surface area contributed by atoms with E-state index in [0.717, 1.165) is 19.6 Å². The fourth-order valence-corrected chi connectivity index (χ4v) is 2.29. The lowest BCUT2D eigenvalue weighted by Crippen LogP contribution is -2.38. The van der Waals surface area contributed by atoms with Gasteiger partial charge in [0, 0.05) is 10.9 Å². The Balaban J connectivity index is 2.41. The van der Waals surface area contributed by atoms with Crippen LogP contribution in [0.25, 0.3) is 0 Å². The van der Waals surface area contributed by atoms with E-state index in [9.17, 15) is 0 Å². The van der Waals surface area contributed by atoms with Crippen LogP contribution in [0.3, 0.4) is 0 Å². The minimum atomic E-state index is -0.0525. The fourth-order valence-electron chi connectivity index (χ4n) is 1.50. The van der Waals surface area contributed by atoms with Crippen molar-refractivity contribution in [2.24, 2.45) is 0 Å². The van der Waals surface area contributed by atoms with E-state index < -0.39 is 0 Å². The molecule has 1 atom stereocenters. The predicted molar refractivity (Wildman–Crippen MR) is 71.2 cm³/mol. The maximum Gasteiger partial charge on any atom is 0.0630 e. The molecule has 0 spiro atoms. The molecule has 3 heteroatoms. The Labute approximate surface area is 103 Å². The quantitative estimate of drug-likeness (QED) is 0.826. The molecule has 16 heavy (non-hydrogen) atoms. The fraction of sp³-hybridized carbons (Fsp3) is 0.692. The second-order valence-electron chi connectivity index (χ2n) is 4.96. The van der Waals surface area contributed by atoms with Crippen LogP contribution in [-0.2, 0) is 11.2 Å². The summed E-state index contributed by atoms with van der Waals surface area (Å²) in [7, 11) is 0. The van der Waals surface area contributed by atoms with Gasteiger partial charge in [0.1, 0.15) is 0 Å². The summed E-state index contributed by atoms with van der Waals surface area (Å²) in [6, 6.07) is 4.71. The largest absolute Gasteiger partial charge is 0.374 e. The number of hydrogen-bond donors (Lipinski definition) is 1. The highest BCUT2D eigenvalue weighted by Gasteiger charge is 2.15. The van der Waals surface area contributed by atoms with Crippen molar-refractivity contribution in [2.75, 3.05) is 13.2 Å². The Morgan fingerprint density at radius 2 is 2.19 bits per heavy atom. The molecule has 0 aliphatic carbocycles. The number of hydrogen-bond acceptors (Lipinski definition) is 3. The van der Waals surface area contributed by atoms with Gasteiger partial charge in [0.2, 0.25) is 0 Å². The highest BCUT2D eigenvalue weighted by atomic mass is 32.1. The predicted octanol–water partition coefficient (Wildman–Crippen LogP) is 3.08. The van der Waals surface area contributed by atoms with Gasteiger partial charge >= 0.3 is 0 Å². The first-order chi connectivity index (χ1) is 7.51. The molecule has 0 aliphatic rings. The lowest BCUT2D eigenvalue weighted by atomic mass is 10.1. The molecule has 1 unspecified atom stereocenters. The average molecular weight is 241 g/mol. The van der Waals surface area contributed by atoms with Crippen molar-refractivity contribution >= 4 is 11.3 Å². The maximum absolute atomic E-state index is 5.83. The van der Waals surface area contributed by atoms with Crippen molar-refractivity contribution in [1.29, 1.82) is 0 Å². The lowest BCUT2D eigenvalue weighted by molar-refractivity contribution is -0.0140. The summed E-state index contributed by atoms with van der Waals surface area (Å²) in [6.45, 7) is 10.2. The van der Waals surface area contributed by atoms with Crippen molar-refractivity contribution in [1.82, 2.24) is 5.32 Å². The van der Waals surface area contributed by atoms with Gasteiger partial charge in [-0.2, -0.15) is 0 Å². The van der Waals surface area contributed by atoms with Crippen LogP contribution in [0.2, 0.25) is 0 Å². The molecule has 1 N–H and O–H groups in total. The normalized spacial score (nSPS) is 14.0. The second-order valence-corrected chi connectivity index (χ2v) is 5.99. The van der Waals surface area contributed by atoms with Gasteiger partial charge in [0.15, 0.2) is 0 Å². The summed E-state index contributed by atoms with van der Waals surface area (Å²) in [4.78, 5) is 1.42. The van der Waals surface area contributed by atoms with Gasteiger partial charge in [-0.25, -0.2) is 0 Å². The third kappa shape index (κ3) is 5.64. The highest BCUT2D eigenvalue weighted by molar-refractivity contribution is 7.09. The van der Waals surface area contributed by atoms with Gasteiger partial charge in [0.05, 0.1) is 12.2 Å². The van der Waals surface area contributed by atoms with Gasteiger partial charge in [0.25, 0.3) is 0 Å². The van der Waals surface area contributed by atoms with E-state index in [1.807, 2.05) is 11.3 Å². The van der Waals surface area contributed by atoms with E-state index in [4.69, 9.17) is 4.74 Å². The molecule has 0 aromatic carbocycles. The van der Waals surface area contributed by atoms with Crippen LogP contribution in [0.5, 0.6) is 0 Å². The first kappa shape index (κ1) is 13.7. The zero-order valence-electron chi connectivity index (χ0n) is 10.7. The number of thiophene rings is 1. The van der Waals surface area contributed by atoms with Crippen LogP contribution in [0.4, 0.5) is 0 Å². The molecule has 92 valence electrons. The van der Waals surface area contributed by atoms with Crippen LogP contribution in [0, 0.1) is 0 Å². The average Bonchev–Trinajstić information content (AvgIpc) is 2.66. The minimum Gasteiger partial charge on any atom is -0.374 e. The van der Waals surface area contributed by atoms with Crippen molar-refractivity contribution in [3.8, 4) is 0 Å². The molecule has 1 rings (SSSR count). The van der Waals surface area contributed by atoms with Crippen molar-refractivity contribution in [2.45, 2.75) is 45.8 Å². The van der Waals surface area contributed by atoms with Gasteiger partial charge in [-0.1, -0.05) is 13.0 Å². The number of rotatable bonds is 6. The Bertz CT molecular complexity index is 277. The molecule has 0 fully saturated rings. The summed E-state index contributed by atoms with van der Waals surface area (Å²) >= 11 is 1.81. The molecule has 1 heterocycles. The molecule has 0 amide bonds. The SMILES string of the molecule is CCNC(COC(C)(C)C)Cc1cccs1. The van der Waals surface area contributed by atoms with Crippen molar-refractivity contribution in [3.63, 3.8) is 0 Å². The maximum atomic E-state index is 5.83. The summed E-state index contributed by atoms with van der Waals surface area (Å²) in [5.41, 5.74) is -0.0525. The second kappa shape index (κ2) is 6.38. The number of ether oxygens (including phenoxy) is 1. The summed E-state index contributed by atoms with van der Waals surface area (Å²) < 4.78 is 5.83. The van der Waals surface area contributed by atoms with E-state index in [-0.39, 0.29) is 5.60 Å². The topological polar surface area (TPSA) is 21.3 Å². The van der Waals surface area contributed by atoms with E-state index >= 15 is 0 Å². The van der Waals surface area contributed by atoms with Crippen LogP contribution in [-0.4, -0.2) is 24.8 Å². The molecule has 0 saturated heterocycles. The van der Waals surface area contributed by atoms with Gasteiger partial charge < -0.3 is 10.1 Å². The molecule has 0 bridgehead atoms. The van der Waals surface area contributed by atoms with E-state index in [1.54, 1.807) is 0 Å². The molecule has 1 aromatic rings. The first-order valence-electron chi connectivity index (χ1n) is 5.91. The van der Waals surface area contributed by atoms with Gasteiger partial charge in [-0.15, -0.1) is 11.3 Å². The van der Waals surface area contributed by atoms with Crippen molar-refractivity contribution < 1.29 is 4.74 Å². The Kier molecular flexibility index (Phi) is 5.46. The van der Waals surface area contributed by atoms with E-state index in [1.165, 1.54) is 4.88 Å². The molecule has 0 aliphatic heterocycles. The summed E-state index contributed by atoms with van der Waals surface area (Å²) in [5, 5.41) is 5.60. The van der Waals surface area contributed by atoms with Crippen LogP contribution in [0.1, 0.15) is 32.6 Å². The van der Waals surface area contributed by atoms with Gasteiger partial charge in [-0.3, -0.25) is 0 Å². The van der Waals surface area contributed by atoms with Crippen LogP contribution in [0.15, 0.2) is 17.5 Å². The van der Waals surface area contributed by atoms with Crippen molar-refractivity contribution in [3.05, 3.63) is 22.4 Å². The smallest absolute Gasteiger partial charge is 0.0630 e. The Morgan fingerprint density at radius 1 is 1.44 bits per heavy atom. The molecule has 0 saturated carbocycles. The number of nitrogens with one attached hydrogen (secondary N) is 1. The third-order valence-corrected chi connectivity index (χ3v) is 3.14. The highest BCUT2D eigenvalue weighted by Crippen LogP contribution is 2.13. The lowest BCUT2D eigenvalue weighted by Gasteiger charge is -2.24. The number of likely N-dealkylation sites (N-methyl/N-ethyl adjacent to an activating group) is 1. The minimum absolute atomic E-state index is 0.0525. The zero-order chi connectivity index (χ0) is 12.0. The van der Waals surface area contributed by atoms with E-state index in [0.29, 0.717) is 6.04 Å². The molecular weight excluding hydrogens is 218 g/mol. The molecular formula is C13H23NOS. The molecule has 1 aromatic heterocycles. The van der Waals surface area contributed by atoms with Crippen LogP contribution < -0.4 is 5.32 Å². The molecule has 2 nitrogen and oxygen atoms in total. The van der Waals surface area contributed by atoms with Crippen LogP contribution >= 0.6 is 11.3 Å². The molecule has 0 radical (unpaired) electrons. The summed E-state index contributed by atoms with van der Waals surface area (Å²) in [5.74, 6) is 0. The van der Waals surface area contributed by atoms with Gasteiger partial charge in [-0.05, 0) is 45.2 Å². The van der Waals surface area contributed by atoms with E-state index in [2.05, 4.69) is 50.5 Å². The standard InChI is InChI=1S/C13H23NOS/c1-5-14-11(10-15-13(2,3)4)9-12-7-6-8-16-12/h6-8,11,14H,5,9-10H2,1-4H3. The third-order valence-electron chi connectivity index (χ3n) is 2.24. The first-order valence-corrected chi connectivity index (χ1v) is 6.79. The summed E-state index contributed by atoms with van der Waals surface area (Å²) in [6.07, 6.45) is 1.06. The Morgan fingerprint density at radius 3 is 2.69 bits per heavy atom.